The fourth-order valence-electron chi connectivity index (χ4n) is 2.63. The van der Waals surface area contributed by atoms with Crippen LogP contribution in [-0.2, 0) is 0 Å². The van der Waals surface area contributed by atoms with Gasteiger partial charge < -0.3 is 10.2 Å². The molecule has 1 N–H and O–H groups in total. The van der Waals surface area contributed by atoms with Gasteiger partial charge in [0.15, 0.2) is 0 Å². The lowest BCUT2D eigenvalue weighted by Gasteiger charge is -2.34. The Morgan fingerprint density at radius 1 is 1.19 bits per heavy atom. The van der Waals surface area contributed by atoms with E-state index in [-0.39, 0.29) is 0 Å². The van der Waals surface area contributed by atoms with Crippen LogP contribution >= 0.6 is 0 Å². The maximum absolute atomic E-state index is 4.39. The summed E-state index contributed by atoms with van der Waals surface area (Å²) in [5.41, 5.74) is 2.14. The summed E-state index contributed by atoms with van der Waals surface area (Å²) in [5.74, 6) is 1.88. The van der Waals surface area contributed by atoms with E-state index in [9.17, 15) is 0 Å². The molecule has 0 aliphatic carbocycles. The monoisotopic (exact) mass is 284 g/mol. The fourth-order valence-corrected chi connectivity index (χ4v) is 2.63. The van der Waals surface area contributed by atoms with Crippen molar-refractivity contribution in [2.75, 3.05) is 23.3 Å². The van der Waals surface area contributed by atoms with Crippen molar-refractivity contribution in [2.24, 2.45) is 0 Å². The summed E-state index contributed by atoms with van der Waals surface area (Å²) in [6.07, 6.45) is 9.16. The molecule has 6 heteroatoms. The molecule has 0 radical (unpaired) electrons. The summed E-state index contributed by atoms with van der Waals surface area (Å²) in [5, 5.41) is 3.55. The molecular formula is C15H20N6. The smallest absolute Gasteiger partial charge is 0.147 e. The Labute approximate surface area is 124 Å². The van der Waals surface area contributed by atoms with Crippen molar-refractivity contribution in [1.82, 2.24) is 19.9 Å². The van der Waals surface area contributed by atoms with Crippen LogP contribution in [0.25, 0.3) is 0 Å². The quantitative estimate of drug-likeness (QED) is 0.929. The molecule has 0 amide bonds. The predicted molar refractivity (Wildman–Crippen MR) is 82.4 cm³/mol. The highest BCUT2D eigenvalue weighted by Gasteiger charge is 2.21. The largest absolute Gasteiger partial charge is 0.365 e. The van der Waals surface area contributed by atoms with Crippen molar-refractivity contribution in [1.29, 1.82) is 0 Å². The molecule has 21 heavy (non-hydrogen) atoms. The molecule has 1 aliphatic heterocycles. The lowest BCUT2D eigenvalue weighted by atomic mass is 10.1. The molecule has 1 saturated heterocycles. The van der Waals surface area contributed by atoms with Gasteiger partial charge in [0.05, 0.1) is 6.20 Å². The average molecular weight is 284 g/mol. The van der Waals surface area contributed by atoms with Crippen LogP contribution in [0.3, 0.4) is 0 Å². The Bertz CT molecular complexity index is 600. The molecule has 1 aliphatic rings. The summed E-state index contributed by atoms with van der Waals surface area (Å²) in [6, 6.07) is 0.369. The molecule has 0 spiro atoms. The zero-order valence-electron chi connectivity index (χ0n) is 12.5. The standard InChI is InChI=1S/C15H20N6/c1-11-12(2)18-10-19-15(11)20-13-4-3-7-21(9-13)14-8-16-5-6-17-14/h5-6,8,10,13H,3-4,7,9H2,1-2H3,(H,18,19,20)/t13-/m1/s1. The molecule has 110 valence electrons. The fraction of sp³-hybridized carbons (Fsp3) is 0.467. The third-order valence-electron chi connectivity index (χ3n) is 3.97. The molecule has 0 aromatic carbocycles. The highest BCUT2D eigenvalue weighted by atomic mass is 15.2. The van der Waals surface area contributed by atoms with Gasteiger partial charge in [0.25, 0.3) is 0 Å². The van der Waals surface area contributed by atoms with E-state index < -0.39 is 0 Å². The molecule has 0 unspecified atom stereocenters. The van der Waals surface area contributed by atoms with E-state index in [2.05, 4.69) is 37.1 Å². The molecule has 0 saturated carbocycles. The van der Waals surface area contributed by atoms with Gasteiger partial charge in [0.1, 0.15) is 18.0 Å². The summed E-state index contributed by atoms with van der Waals surface area (Å²) in [7, 11) is 0. The number of anilines is 2. The first kappa shape index (κ1) is 13.7. The van der Waals surface area contributed by atoms with Gasteiger partial charge in [-0.05, 0) is 26.7 Å². The lowest BCUT2D eigenvalue weighted by molar-refractivity contribution is 0.524. The van der Waals surface area contributed by atoms with Crippen molar-refractivity contribution in [3.05, 3.63) is 36.2 Å². The maximum Gasteiger partial charge on any atom is 0.147 e. The SMILES string of the molecule is Cc1ncnc(N[C@@H]2CCCN(c3cnccn3)C2)c1C. The Morgan fingerprint density at radius 2 is 2.10 bits per heavy atom. The van der Waals surface area contributed by atoms with Crippen molar-refractivity contribution < 1.29 is 0 Å². The zero-order chi connectivity index (χ0) is 14.7. The number of rotatable bonds is 3. The van der Waals surface area contributed by atoms with Gasteiger partial charge in [-0.25, -0.2) is 15.0 Å². The second-order valence-electron chi connectivity index (χ2n) is 5.43. The second kappa shape index (κ2) is 6.03. The number of hydrogen-bond donors (Lipinski definition) is 1. The number of nitrogens with one attached hydrogen (secondary N) is 1. The number of aromatic nitrogens is 4. The van der Waals surface area contributed by atoms with Gasteiger partial charge in [0.2, 0.25) is 0 Å². The van der Waals surface area contributed by atoms with Crippen LogP contribution in [0, 0.1) is 13.8 Å². The molecule has 2 aromatic heterocycles. The van der Waals surface area contributed by atoms with E-state index in [1.165, 1.54) is 0 Å². The number of aryl methyl sites for hydroxylation is 1. The third kappa shape index (κ3) is 3.09. The molecule has 1 atom stereocenters. The van der Waals surface area contributed by atoms with Crippen LogP contribution in [0.4, 0.5) is 11.6 Å². The van der Waals surface area contributed by atoms with Gasteiger partial charge in [0, 0.05) is 42.8 Å². The van der Waals surface area contributed by atoms with Gasteiger partial charge in [-0.15, -0.1) is 0 Å². The summed E-state index contributed by atoms with van der Waals surface area (Å²) < 4.78 is 0. The predicted octanol–water partition coefficient (Wildman–Crippen LogP) is 1.96. The van der Waals surface area contributed by atoms with Gasteiger partial charge >= 0.3 is 0 Å². The third-order valence-corrected chi connectivity index (χ3v) is 3.97. The Morgan fingerprint density at radius 3 is 2.90 bits per heavy atom. The number of nitrogens with zero attached hydrogens (tertiary/aromatic N) is 5. The van der Waals surface area contributed by atoms with Crippen molar-refractivity contribution >= 4 is 11.6 Å². The van der Waals surface area contributed by atoms with Gasteiger partial charge in [-0.3, -0.25) is 4.98 Å². The highest BCUT2D eigenvalue weighted by Crippen LogP contribution is 2.21. The second-order valence-corrected chi connectivity index (χ2v) is 5.43. The topological polar surface area (TPSA) is 66.8 Å². The Hall–Kier alpha value is -2.24. The van der Waals surface area contributed by atoms with E-state index in [1.54, 1.807) is 18.7 Å². The van der Waals surface area contributed by atoms with E-state index in [0.717, 1.165) is 48.8 Å². The zero-order valence-corrected chi connectivity index (χ0v) is 12.5. The first-order valence-electron chi connectivity index (χ1n) is 7.30. The van der Waals surface area contributed by atoms with Crippen LogP contribution in [0.5, 0.6) is 0 Å². The minimum absolute atomic E-state index is 0.369. The van der Waals surface area contributed by atoms with E-state index >= 15 is 0 Å². The van der Waals surface area contributed by atoms with Gasteiger partial charge in [-0.1, -0.05) is 0 Å². The molecule has 3 heterocycles. The normalized spacial score (nSPS) is 18.6. The van der Waals surface area contributed by atoms with E-state index in [1.807, 2.05) is 13.1 Å². The van der Waals surface area contributed by atoms with Crippen LogP contribution < -0.4 is 10.2 Å². The summed E-state index contributed by atoms with van der Waals surface area (Å²) in [4.78, 5) is 19.4. The summed E-state index contributed by atoms with van der Waals surface area (Å²) in [6.45, 7) is 6.01. The van der Waals surface area contributed by atoms with Crippen LogP contribution in [0.2, 0.25) is 0 Å². The Balaban J connectivity index is 1.70. The van der Waals surface area contributed by atoms with Crippen molar-refractivity contribution in [2.45, 2.75) is 32.7 Å². The van der Waals surface area contributed by atoms with Crippen molar-refractivity contribution in [3.8, 4) is 0 Å². The van der Waals surface area contributed by atoms with Crippen LogP contribution in [0.15, 0.2) is 24.9 Å². The molecule has 3 rings (SSSR count). The highest BCUT2D eigenvalue weighted by molar-refractivity contribution is 5.46. The average Bonchev–Trinajstić information content (AvgIpc) is 2.53. The molecule has 2 aromatic rings. The maximum atomic E-state index is 4.39. The molecule has 6 nitrogen and oxygen atoms in total. The van der Waals surface area contributed by atoms with Crippen molar-refractivity contribution in [3.63, 3.8) is 0 Å². The summed E-state index contributed by atoms with van der Waals surface area (Å²) >= 11 is 0. The Kier molecular flexibility index (Phi) is 3.94. The van der Waals surface area contributed by atoms with E-state index in [0.29, 0.717) is 6.04 Å². The van der Waals surface area contributed by atoms with E-state index in [4.69, 9.17) is 0 Å². The number of hydrogen-bond acceptors (Lipinski definition) is 6. The van der Waals surface area contributed by atoms with Gasteiger partial charge in [-0.2, -0.15) is 0 Å². The lowest BCUT2D eigenvalue weighted by Crippen LogP contribution is -2.42. The van der Waals surface area contributed by atoms with Crippen LogP contribution in [-0.4, -0.2) is 39.1 Å². The molecule has 1 fully saturated rings. The first-order valence-corrected chi connectivity index (χ1v) is 7.30. The molecular weight excluding hydrogens is 264 g/mol. The van der Waals surface area contributed by atoms with Crippen LogP contribution in [0.1, 0.15) is 24.1 Å². The number of piperidine rings is 1. The first-order chi connectivity index (χ1) is 10.2. The molecule has 0 bridgehead atoms. The minimum Gasteiger partial charge on any atom is -0.365 e. The minimum atomic E-state index is 0.369.